The van der Waals surface area contributed by atoms with Gasteiger partial charge < -0.3 is 10.4 Å². The fourth-order valence-corrected chi connectivity index (χ4v) is 16.6. The number of nitrogens with one attached hydrogen (secondary N) is 1. The first-order chi connectivity index (χ1) is 33.5. The van der Waals surface area contributed by atoms with Gasteiger partial charge in [-0.3, -0.25) is 12.9 Å². The minimum Gasteiger partial charge on any atom is -1.00 e. The number of hydrogen-bond acceptors (Lipinski definition) is 0. The Morgan fingerprint density at radius 3 is 0.884 bits per heavy atom. The molecule has 0 heterocycles. The van der Waals surface area contributed by atoms with Gasteiger partial charge in [0.15, 0.2) is 0 Å². The van der Waals surface area contributed by atoms with Gasteiger partial charge in [0.1, 0.15) is 31.8 Å². The van der Waals surface area contributed by atoms with Crippen molar-refractivity contribution in [1.29, 1.82) is 0 Å². The van der Waals surface area contributed by atoms with Crippen LogP contribution in [-0.2, 0) is 17.3 Å². The standard InChI is InChI=1S/C44H32P2.C14H15NP.BF3.ClH.FH.Ru/c1-5-19-35(20-6-1)45(36-21-7-2-8-22-36)41-31-29-33-17-13-15-27-39(33)43(41)44-40-28-16-14-18-34(40)30-32-42(44)46(37-23-9-3-10-24-37)38-25-11-4-12-26-38;15-11-12-16(13-7-3-1-4-8-13)14-9-5-2-6-10-14;2-1(3)4;;;/h1-32H;1-10,15H,11-12H2;;2*1H;/q;-1;;;;+3/p+1. The molecule has 11 heteroatoms. The van der Waals surface area contributed by atoms with Crippen molar-refractivity contribution in [2.45, 2.75) is 0 Å². The van der Waals surface area contributed by atoms with Crippen LogP contribution in [0.1, 0.15) is 0 Å². The zero-order valence-electron chi connectivity index (χ0n) is 37.5. The minimum atomic E-state index is -3.67. The van der Waals surface area contributed by atoms with Gasteiger partial charge in [0.25, 0.3) is 0 Å². The van der Waals surface area contributed by atoms with Crippen molar-refractivity contribution in [3.63, 3.8) is 0 Å². The monoisotopic (exact) mass is 1080 g/mol. The first-order valence-corrected chi connectivity index (χ1v) is 29.1. The molecular formula is C58H50BClF4NP3Ru+3. The molecule has 0 spiro atoms. The maximum absolute atomic E-state index is 9.67. The van der Waals surface area contributed by atoms with E-state index >= 15 is 0 Å². The van der Waals surface area contributed by atoms with Crippen LogP contribution in [0.2, 0.25) is 0 Å². The van der Waals surface area contributed by atoms with Crippen molar-refractivity contribution >= 4 is 105 Å². The van der Waals surface area contributed by atoms with Crippen LogP contribution in [0.5, 0.6) is 0 Å². The molecule has 0 atom stereocenters. The Balaban J connectivity index is 0.000000284. The summed E-state index contributed by atoms with van der Waals surface area (Å²) in [5, 5.41) is 16.4. The summed E-state index contributed by atoms with van der Waals surface area (Å²) in [6.07, 6.45) is 0.985. The Hall–Kier alpha value is -5.33. The molecule has 345 valence electrons. The van der Waals surface area contributed by atoms with E-state index in [9.17, 15) is 12.9 Å². The molecule has 0 aliphatic heterocycles. The van der Waals surface area contributed by atoms with Gasteiger partial charge in [-0.05, 0) is 106 Å². The SMILES string of the molecule is FB(F)F.[Cl][Ru+2].[F-].[NH-]CC[PH+](c1ccccc1)c1ccccc1.c1ccc([PH+](c2ccccc2)c2ccc3ccccc3c2-c2c([PH+](c3ccccc3)c3ccccc3)ccc3ccccc23)cc1. The topological polar surface area (TPSA) is 23.8 Å². The average molecular weight is 1080 g/mol. The van der Waals surface area contributed by atoms with Gasteiger partial charge in [-0.15, -0.1) is 6.54 Å². The molecule has 0 bridgehead atoms. The van der Waals surface area contributed by atoms with Crippen molar-refractivity contribution in [2.24, 2.45) is 0 Å². The number of halogens is 5. The van der Waals surface area contributed by atoms with Gasteiger partial charge >= 0.3 is 34.5 Å². The van der Waals surface area contributed by atoms with E-state index in [0.717, 1.165) is 6.16 Å². The summed E-state index contributed by atoms with van der Waals surface area (Å²) in [7, 11) is -2.58. The number of benzene rings is 10. The first kappa shape index (κ1) is 53.0. The molecule has 10 aromatic rings. The zero-order chi connectivity index (χ0) is 47.5. The van der Waals surface area contributed by atoms with E-state index in [1.165, 1.54) is 75.1 Å². The molecule has 0 fully saturated rings. The Kier molecular flexibility index (Phi) is 21.3. The summed E-state index contributed by atoms with van der Waals surface area (Å²) >= 11 is 1.82. The van der Waals surface area contributed by atoms with Gasteiger partial charge in [-0.2, -0.15) is 0 Å². The van der Waals surface area contributed by atoms with Crippen LogP contribution < -0.4 is 47.1 Å². The zero-order valence-corrected chi connectivity index (χ0v) is 43.0. The Bertz CT molecular complexity index is 2780. The third-order valence-electron chi connectivity index (χ3n) is 11.5. The molecule has 1 N–H and O–H groups in total. The first-order valence-electron chi connectivity index (χ1n) is 22.2. The molecule has 0 aliphatic carbocycles. The van der Waals surface area contributed by atoms with Gasteiger partial charge in [0, 0.05) is 17.3 Å². The van der Waals surface area contributed by atoms with E-state index in [0.29, 0.717) is 6.54 Å². The molecule has 0 aromatic heterocycles. The molecule has 0 saturated heterocycles. The van der Waals surface area contributed by atoms with Gasteiger partial charge in [-0.1, -0.05) is 170 Å². The minimum absolute atomic E-state index is 0. The predicted molar refractivity (Wildman–Crippen MR) is 297 cm³/mol. The molecule has 69 heavy (non-hydrogen) atoms. The summed E-state index contributed by atoms with van der Waals surface area (Å²) in [4.78, 5) is 0. The second kappa shape index (κ2) is 27.8. The molecular weight excluding hydrogens is 1030 g/mol. The molecule has 0 amide bonds. The summed E-state index contributed by atoms with van der Waals surface area (Å²) in [5.41, 5.74) is 10.2. The normalized spacial score (nSPS) is 10.6. The number of rotatable bonds is 11. The van der Waals surface area contributed by atoms with E-state index in [2.05, 4.69) is 264 Å². The van der Waals surface area contributed by atoms with Crippen LogP contribution in [0.4, 0.5) is 12.9 Å². The van der Waals surface area contributed by atoms with Crippen LogP contribution in [0.3, 0.4) is 0 Å². The molecule has 10 rings (SSSR count). The van der Waals surface area contributed by atoms with Gasteiger partial charge in [0.05, 0.1) is 34.4 Å². The molecule has 0 radical (unpaired) electrons. The smallest absolute Gasteiger partial charge is 0.111 e. The maximum Gasteiger partial charge on any atom is 0.111 e. The second-order valence-electron chi connectivity index (χ2n) is 15.6. The third kappa shape index (κ3) is 13.7. The van der Waals surface area contributed by atoms with Gasteiger partial charge in [0.2, 0.25) is 0 Å². The molecule has 0 saturated carbocycles. The maximum atomic E-state index is 9.67. The van der Waals surface area contributed by atoms with Crippen LogP contribution in [0.25, 0.3) is 38.4 Å². The Labute approximate surface area is 421 Å². The van der Waals surface area contributed by atoms with Crippen molar-refractivity contribution in [3.8, 4) is 11.1 Å². The fraction of sp³-hybridized carbons (Fsp3) is 0.0345. The van der Waals surface area contributed by atoms with Crippen molar-refractivity contribution in [2.75, 3.05) is 12.7 Å². The summed E-state index contributed by atoms with van der Waals surface area (Å²) in [5.74, 6) is 0. The van der Waals surface area contributed by atoms with Crippen molar-refractivity contribution < 1.29 is 35.0 Å². The second-order valence-corrected chi connectivity index (χ2v) is 23.1. The molecule has 10 aromatic carbocycles. The largest absolute Gasteiger partial charge is 1.00 e. The van der Waals surface area contributed by atoms with E-state index in [1.54, 1.807) is 0 Å². The van der Waals surface area contributed by atoms with Crippen LogP contribution >= 0.6 is 33.5 Å². The summed E-state index contributed by atoms with van der Waals surface area (Å²) in [6.45, 7) is 0.512. The molecule has 0 unspecified atom stereocenters. The quantitative estimate of drug-likeness (QED) is 0.0701. The van der Waals surface area contributed by atoms with Crippen LogP contribution in [0.15, 0.2) is 255 Å². The number of hydrogen-bond donors (Lipinski definition) is 0. The van der Waals surface area contributed by atoms with Gasteiger partial charge in [-0.25, -0.2) is 0 Å². The third-order valence-corrected chi connectivity index (χ3v) is 19.9. The Morgan fingerprint density at radius 1 is 0.362 bits per heavy atom. The molecule has 0 aliphatic rings. The predicted octanol–water partition coefficient (Wildman–Crippen LogP) is 10.1. The van der Waals surface area contributed by atoms with Crippen molar-refractivity contribution in [3.05, 3.63) is 261 Å². The van der Waals surface area contributed by atoms with E-state index < -0.39 is 31.3 Å². The summed E-state index contributed by atoms with van der Waals surface area (Å²) < 4.78 is 29.0. The van der Waals surface area contributed by atoms with E-state index in [1.807, 2.05) is 17.3 Å². The van der Waals surface area contributed by atoms with Crippen LogP contribution in [0, 0.1) is 0 Å². The summed E-state index contributed by atoms with van der Waals surface area (Å²) in [6, 6.07) is 93.4. The number of fused-ring (bicyclic) bond motifs is 2. The van der Waals surface area contributed by atoms with E-state index in [-0.39, 0.29) is 4.70 Å². The van der Waals surface area contributed by atoms with Crippen LogP contribution in [-0.4, -0.2) is 20.3 Å². The Morgan fingerprint density at radius 2 is 0.609 bits per heavy atom. The average Bonchev–Trinajstić information content (AvgIpc) is 3.40. The van der Waals surface area contributed by atoms with E-state index in [4.69, 9.17) is 5.73 Å². The fourth-order valence-electron chi connectivity index (χ4n) is 8.73. The molecule has 1 nitrogen and oxygen atoms in total. The van der Waals surface area contributed by atoms with Crippen molar-refractivity contribution in [1.82, 2.24) is 0 Å².